The topological polar surface area (TPSA) is 126 Å². The van der Waals surface area contributed by atoms with Crippen LogP contribution in [-0.4, -0.2) is 61.2 Å². The van der Waals surface area contributed by atoms with Crippen LogP contribution in [0, 0.1) is 11.3 Å². The molecular formula is C31H38N6O4. The molecule has 10 nitrogen and oxygen atoms in total. The van der Waals surface area contributed by atoms with Crippen molar-refractivity contribution in [2.45, 2.75) is 33.6 Å². The molecule has 1 aliphatic heterocycles. The van der Waals surface area contributed by atoms with Crippen LogP contribution in [0.1, 0.15) is 44.0 Å². The third-order valence-corrected chi connectivity index (χ3v) is 7.02. The highest BCUT2D eigenvalue weighted by molar-refractivity contribution is 5.97. The molecule has 2 heterocycles. The number of amides is 3. The zero-order chi connectivity index (χ0) is 29.4. The Kier molecular flexibility index (Phi) is 9.54. The lowest BCUT2D eigenvalue weighted by Gasteiger charge is -2.31. The quantitative estimate of drug-likeness (QED) is 0.340. The largest absolute Gasteiger partial charge is 0.496 e. The van der Waals surface area contributed by atoms with Crippen LogP contribution >= 0.6 is 0 Å². The van der Waals surface area contributed by atoms with Gasteiger partial charge < -0.3 is 25.6 Å². The van der Waals surface area contributed by atoms with E-state index >= 15 is 0 Å². The second-order valence-electron chi connectivity index (χ2n) is 11.1. The zero-order valence-corrected chi connectivity index (χ0v) is 24.1. The summed E-state index contributed by atoms with van der Waals surface area (Å²) in [5, 5.41) is 17.4. The summed E-state index contributed by atoms with van der Waals surface area (Å²) in [7, 11) is 1.63. The molecule has 0 radical (unpaired) electrons. The molecule has 0 saturated carbocycles. The molecule has 1 fully saturated rings. The first kappa shape index (κ1) is 29.5. The van der Waals surface area contributed by atoms with Crippen molar-refractivity contribution < 1.29 is 19.1 Å². The van der Waals surface area contributed by atoms with Crippen molar-refractivity contribution in [1.29, 1.82) is 0 Å². The van der Waals surface area contributed by atoms with Crippen molar-refractivity contribution in [2.75, 3.05) is 43.5 Å². The molecule has 1 aliphatic rings. The monoisotopic (exact) mass is 558 g/mol. The highest BCUT2D eigenvalue weighted by Crippen LogP contribution is 2.29. The summed E-state index contributed by atoms with van der Waals surface area (Å²) < 4.78 is 5.42. The van der Waals surface area contributed by atoms with Gasteiger partial charge >= 0.3 is 0 Å². The third kappa shape index (κ3) is 7.81. The molecule has 3 N–H and O–H groups in total. The fourth-order valence-electron chi connectivity index (χ4n) is 4.50. The number of anilines is 2. The lowest BCUT2D eigenvalue weighted by molar-refractivity contribution is -0.125. The number of rotatable bonds is 9. The van der Waals surface area contributed by atoms with Crippen LogP contribution in [0.4, 0.5) is 11.5 Å². The van der Waals surface area contributed by atoms with Gasteiger partial charge in [0.25, 0.3) is 5.91 Å². The summed E-state index contributed by atoms with van der Waals surface area (Å²) in [6.45, 7) is 7.61. The minimum atomic E-state index is -0.503. The lowest BCUT2D eigenvalue weighted by Crippen LogP contribution is -2.42. The van der Waals surface area contributed by atoms with Crippen LogP contribution in [0.3, 0.4) is 0 Å². The molecule has 216 valence electrons. The van der Waals surface area contributed by atoms with Crippen molar-refractivity contribution in [3.63, 3.8) is 0 Å². The minimum absolute atomic E-state index is 0.00422. The summed E-state index contributed by atoms with van der Waals surface area (Å²) in [6.07, 6.45) is 1.43. The normalized spacial score (nSPS) is 13.8. The van der Waals surface area contributed by atoms with Gasteiger partial charge in [-0.05, 0) is 61.4 Å². The van der Waals surface area contributed by atoms with E-state index in [0.29, 0.717) is 50.3 Å². The molecular weight excluding hydrogens is 520 g/mol. The average molecular weight is 559 g/mol. The van der Waals surface area contributed by atoms with Crippen molar-refractivity contribution in [1.82, 2.24) is 20.8 Å². The number of piperidine rings is 1. The summed E-state index contributed by atoms with van der Waals surface area (Å²) >= 11 is 0. The maximum atomic E-state index is 12.7. The smallest absolute Gasteiger partial charge is 0.251 e. The first-order valence-corrected chi connectivity index (χ1v) is 13.8. The molecule has 3 amide bonds. The van der Waals surface area contributed by atoms with Gasteiger partial charge in [-0.3, -0.25) is 14.4 Å². The average Bonchev–Trinajstić information content (AvgIpc) is 2.99. The Morgan fingerprint density at radius 3 is 2.22 bits per heavy atom. The predicted molar refractivity (Wildman–Crippen MR) is 159 cm³/mol. The maximum absolute atomic E-state index is 12.7. The van der Waals surface area contributed by atoms with Gasteiger partial charge in [-0.2, -0.15) is 0 Å². The van der Waals surface area contributed by atoms with Crippen LogP contribution in [-0.2, 0) is 9.59 Å². The maximum Gasteiger partial charge on any atom is 0.251 e. The number of ether oxygens (including phenoxy) is 1. The number of aromatic nitrogens is 2. The van der Waals surface area contributed by atoms with E-state index in [0.717, 1.165) is 22.8 Å². The molecule has 4 rings (SSSR count). The molecule has 0 atom stereocenters. The van der Waals surface area contributed by atoms with Gasteiger partial charge in [0.2, 0.25) is 11.8 Å². The van der Waals surface area contributed by atoms with Crippen LogP contribution < -0.4 is 25.6 Å². The Morgan fingerprint density at radius 1 is 0.902 bits per heavy atom. The third-order valence-electron chi connectivity index (χ3n) is 7.02. The highest BCUT2D eigenvalue weighted by atomic mass is 16.5. The van der Waals surface area contributed by atoms with Crippen LogP contribution in [0.25, 0.3) is 11.3 Å². The van der Waals surface area contributed by atoms with Gasteiger partial charge in [-0.25, -0.2) is 0 Å². The van der Waals surface area contributed by atoms with Gasteiger partial charge in [-0.15, -0.1) is 10.2 Å². The van der Waals surface area contributed by atoms with Crippen LogP contribution in [0.5, 0.6) is 5.75 Å². The number of methoxy groups -OCH3 is 1. The van der Waals surface area contributed by atoms with Gasteiger partial charge in [-0.1, -0.05) is 32.9 Å². The number of para-hydroxylation sites is 1. The Labute approximate surface area is 240 Å². The fraction of sp³-hybridized carbons (Fsp3) is 0.387. The molecule has 41 heavy (non-hydrogen) atoms. The highest BCUT2D eigenvalue weighted by Gasteiger charge is 2.26. The van der Waals surface area contributed by atoms with Crippen LogP contribution in [0.15, 0.2) is 60.7 Å². The molecule has 0 bridgehead atoms. The molecule has 1 saturated heterocycles. The van der Waals surface area contributed by atoms with E-state index in [1.165, 1.54) is 0 Å². The zero-order valence-electron chi connectivity index (χ0n) is 24.1. The predicted octanol–water partition coefficient (Wildman–Crippen LogP) is 3.90. The summed E-state index contributed by atoms with van der Waals surface area (Å²) in [5.74, 6) is 1.12. The summed E-state index contributed by atoms with van der Waals surface area (Å²) in [6, 6.07) is 18.3. The minimum Gasteiger partial charge on any atom is -0.496 e. The number of hydrogen-bond acceptors (Lipinski definition) is 7. The fourth-order valence-corrected chi connectivity index (χ4v) is 4.50. The first-order chi connectivity index (χ1) is 19.7. The van der Waals surface area contributed by atoms with E-state index in [4.69, 9.17) is 4.74 Å². The van der Waals surface area contributed by atoms with E-state index < -0.39 is 5.41 Å². The van der Waals surface area contributed by atoms with Gasteiger partial charge in [0.05, 0.1) is 12.8 Å². The number of hydrogen-bond donors (Lipinski definition) is 3. The van der Waals surface area contributed by atoms with Gasteiger partial charge in [0.15, 0.2) is 5.82 Å². The van der Waals surface area contributed by atoms with E-state index in [-0.39, 0.29) is 23.6 Å². The number of nitrogens with one attached hydrogen (secondary N) is 3. The lowest BCUT2D eigenvalue weighted by atomic mass is 9.95. The first-order valence-electron chi connectivity index (χ1n) is 13.8. The molecule has 0 aliphatic carbocycles. The Bertz CT molecular complexity index is 1340. The standard InChI is InChI=1S/C31H38N6O4/c1-31(2,3)30(40)34-23-11-9-21(10-12-23)28(38)32-17-18-33-29(39)22-15-19-37(20-16-22)27-14-13-25(35-36-27)24-7-5-6-8-26(24)41-4/h5-14,22H,15-20H2,1-4H3,(H,32,38)(H,33,39)(H,34,40). The van der Waals surface area contributed by atoms with Crippen molar-refractivity contribution >= 4 is 29.2 Å². The molecule has 10 heteroatoms. The second kappa shape index (κ2) is 13.3. The summed E-state index contributed by atoms with van der Waals surface area (Å²) in [4.78, 5) is 39.4. The van der Waals surface area contributed by atoms with Crippen molar-refractivity contribution in [3.05, 3.63) is 66.2 Å². The van der Waals surface area contributed by atoms with E-state index in [2.05, 4.69) is 31.0 Å². The number of carbonyl (C=O) groups excluding carboxylic acids is 3. The molecule has 0 unspecified atom stereocenters. The van der Waals surface area contributed by atoms with Gasteiger partial charge in [0, 0.05) is 54.3 Å². The Hall–Kier alpha value is -4.47. The Balaban J connectivity index is 1.17. The van der Waals surface area contributed by atoms with Crippen molar-refractivity contribution in [3.8, 4) is 17.0 Å². The van der Waals surface area contributed by atoms with Crippen molar-refractivity contribution in [2.24, 2.45) is 11.3 Å². The van der Waals surface area contributed by atoms with E-state index in [9.17, 15) is 14.4 Å². The van der Waals surface area contributed by atoms with Gasteiger partial charge in [0.1, 0.15) is 5.75 Å². The Morgan fingerprint density at radius 2 is 1.59 bits per heavy atom. The number of carbonyl (C=O) groups is 3. The number of nitrogens with zero attached hydrogens (tertiary/aromatic N) is 3. The number of benzene rings is 2. The SMILES string of the molecule is COc1ccccc1-c1ccc(N2CCC(C(=O)NCCNC(=O)c3ccc(NC(=O)C(C)(C)C)cc3)CC2)nn1. The van der Waals surface area contributed by atoms with E-state index in [1.807, 2.05) is 57.2 Å². The van der Waals surface area contributed by atoms with E-state index in [1.54, 1.807) is 31.4 Å². The molecule has 3 aromatic rings. The molecule has 2 aromatic carbocycles. The molecule has 0 spiro atoms. The van der Waals surface area contributed by atoms with Crippen LogP contribution in [0.2, 0.25) is 0 Å². The second-order valence-corrected chi connectivity index (χ2v) is 11.1. The summed E-state index contributed by atoms with van der Waals surface area (Å²) in [5.41, 5.74) is 2.25. The molecule has 1 aromatic heterocycles.